The van der Waals surface area contributed by atoms with E-state index in [1.165, 1.54) is 0 Å². The molecule has 0 saturated carbocycles. The topological polar surface area (TPSA) is 116 Å². The van der Waals surface area contributed by atoms with Crippen LogP contribution < -0.4 is 15.4 Å². The van der Waals surface area contributed by atoms with Gasteiger partial charge in [-0.1, -0.05) is 30.3 Å². The number of nitrogens with zero attached hydrogens (tertiary/aromatic N) is 5. The van der Waals surface area contributed by atoms with Crippen molar-refractivity contribution < 1.29 is 14.3 Å². The van der Waals surface area contributed by atoms with E-state index in [4.69, 9.17) is 20.2 Å². The van der Waals surface area contributed by atoms with Crippen molar-refractivity contribution in [3.8, 4) is 5.75 Å². The number of hydrogen-bond acceptors (Lipinski definition) is 9. The Kier molecular flexibility index (Phi) is 6.20. The number of aromatic nitrogens is 4. The molecule has 0 saturated heterocycles. The summed E-state index contributed by atoms with van der Waals surface area (Å²) in [6.45, 7) is -0.119. The number of methoxy groups -OCH3 is 1. The molecule has 9 nitrogen and oxygen atoms in total. The lowest BCUT2D eigenvalue weighted by Gasteiger charge is -2.13. The maximum Gasteiger partial charge on any atom is 0.339 e. The van der Waals surface area contributed by atoms with Gasteiger partial charge in [0, 0.05) is 19.5 Å². The molecule has 0 atom stereocenters. The monoisotopic (exact) mass is 482 g/mol. The number of hydrogen-bond donors (Lipinski definition) is 1. The predicted molar refractivity (Wildman–Crippen MR) is 139 cm³/mol. The van der Waals surface area contributed by atoms with Crippen LogP contribution in [-0.2, 0) is 17.8 Å². The number of rotatable bonds is 6. The lowest BCUT2D eigenvalue weighted by Crippen LogP contribution is -2.17. The van der Waals surface area contributed by atoms with E-state index < -0.39 is 5.97 Å². The van der Waals surface area contributed by atoms with Gasteiger partial charge in [-0.25, -0.2) is 9.78 Å². The largest absolute Gasteiger partial charge is 0.497 e. The first-order chi connectivity index (χ1) is 17.4. The first kappa shape index (κ1) is 23.2. The van der Waals surface area contributed by atoms with Crippen molar-refractivity contribution >= 4 is 40.4 Å². The molecule has 1 aliphatic carbocycles. The summed E-state index contributed by atoms with van der Waals surface area (Å²) in [5.74, 6) is 1.12. The minimum atomic E-state index is -0.444. The van der Waals surface area contributed by atoms with Crippen molar-refractivity contribution in [1.82, 2.24) is 19.9 Å². The number of nitrogen functional groups attached to an aromatic ring is 1. The van der Waals surface area contributed by atoms with Gasteiger partial charge in [0.05, 0.1) is 23.9 Å². The Morgan fingerprint density at radius 3 is 2.56 bits per heavy atom. The van der Waals surface area contributed by atoms with Crippen LogP contribution in [0.3, 0.4) is 0 Å². The second kappa shape index (κ2) is 9.61. The molecule has 0 radical (unpaired) electrons. The van der Waals surface area contributed by atoms with Crippen molar-refractivity contribution in [2.24, 2.45) is 0 Å². The van der Waals surface area contributed by atoms with Crippen LogP contribution in [0, 0.1) is 0 Å². The lowest BCUT2D eigenvalue weighted by atomic mass is 10.0. The molecule has 0 unspecified atom stereocenters. The Hall–Kier alpha value is -4.53. The Bertz CT molecular complexity index is 1480. The molecule has 4 aromatic rings. The van der Waals surface area contributed by atoms with Gasteiger partial charge < -0.3 is 20.1 Å². The summed E-state index contributed by atoms with van der Waals surface area (Å²) in [6, 6.07) is 15.5. The third-order valence-electron chi connectivity index (χ3n) is 6.02. The van der Waals surface area contributed by atoms with Crippen LogP contribution in [0.4, 0.5) is 11.9 Å². The molecule has 0 amide bonds. The highest BCUT2D eigenvalue weighted by molar-refractivity contribution is 6.07. The molecule has 9 heteroatoms. The molecule has 36 heavy (non-hydrogen) atoms. The number of carbonyl (C=O) groups excluding carboxylic acids is 1. The van der Waals surface area contributed by atoms with Gasteiger partial charge in [-0.15, -0.1) is 0 Å². The molecule has 182 valence electrons. The molecular weight excluding hydrogens is 456 g/mol. The first-order valence-electron chi connectivity index (χ1n) is 11.5. The molecule has 5 rings (SSSR count). The Balaban J connectivity index is 1.50. The quantitative estimate of drug-likeness (QED) is 0.408. The maximum absolute atomic E-state index is 13.4. The van der Waals surface area contributed by atoms with E-state index >= 15 is 0 Å². The van der Waals surface area contributed by atoms with Gasteiger partial charge in [-0.3, -0.25) is 0 Å². The van der Waals surface area contributed by atoms with Crippen LogP contribution in [0.5, 0.6) is 5.75 Å². The summed E-state index contributed by atoms with van der Waals surface area (Å²) in [7, 11) is 5.25. The number of benzene rings is 2. The maximum atomic E-state index is 13.4. The molecule has 2 aromatic heterocycles. The summed E-state index contributed by atoms with van der Waals surface area (Å²) in [5.41, 5.74) is 10.9. The van der Waals surface area contributed by atoms with Gasteiger partial charge in [-0.05, 0) is 53.8 Å². The second-order valence-electron chi connectivity index (χ2n) is 8.65. The number of pyridine rings is 1. The van der Waals surface area contributed by atoms with Crippen molar-refractivity contribution in [3.63, 3.8) is 0 Å². The van der Waals surface area contributed by atoms with Crippen molar-refractivity contribution in [2.45, 2.75) is 19.4 Å². The number of esters is 1. The number of para-hydroxylation sites is 1. The number of carbonyl (C=O) groups is 1. The molecule has 1 aliphatic rings. The number of nitrogens with two attached hydrogens (primary N) is 1. The van der Waals surface area contributed by atoms with Crippen LogP contribution in [0.2, 0.25) is 0 Å². The Labute approximate surface area is 208 Å². The van der Waals surface area contributed by atoms with E-state index in [2.05, 4.69) is 21.0 Å². The number of ether oxygens (including phenoxy) is 2. The van der Waals surface area contributed by atoms with E-state index in [1.54, 1.807) is 26.1 Å². The van der Waals surface area contributed by atoms with E-state index in [9.17, 15) is 4.79 Å². The Morgan fingerprint density at radius 2 is 1.81 bits per heavy atom. The molecule has 0 fully saturated rings. The molecule has 0 aliphatic heterocycles. The summed E-state index contributed by atoms with van der Waals surface area (Å²) in [6.07, 6.45) is 3.59. The van der Waals surface area contributed by atoms with E-state index in [-0.39, 0.29) is 18.4 Å². The zero-order valence-corrected chi connectivity index (χ0v) is 20.4. The average Bonchev–Trinajstić information content (AvgIpc) is 3.27. The van der Waals surface area contributed by atoms with Crippen LogP contribution >= 0.6 is 0 Å². The molecule has 2 aromatic carbocycles. The molecular formula is C27H26N6O3. The van der Waals surface area contributed by atoms with Crippen LogP contribution in [0.25, 0.3) is 22.6 Å². The van der Waals surface area contributed by atoms with E-state index in [1.807, 2.05) is 48.5 Å². The summed E-state index contributed by atoms with van der Waals surface area (Å²) in [4.78, 5) is 32.6. The smallest absolute Gasteiger partial charge is 0.339 e. The summed E-state index contributed by atoms with van der Waals surface area (Å²) < 4.78 is 10.9. The van der Waals surface area contributed by atoms with Gasteiger partial charge in [0.15, 0.2) is 12.4 Å². The first-order valence-corrected chi connectivity index (χ1v) is 11.5. The number of anilines is 2. The number of allylic oxidation sites excluding steroid dienone is 1. The van der Waals surface area contributed by atoms with Gasteiger partial charge in [-0.2, -0.15) is 15.0 Å². The molecule has 2 N–H and O–H groups in total. The normalized spacial score (nSPS) is 13.6. The summed E-state index contributed by atoms with van der Waals surface area (Å²) >= 11 is 0. The van der Waals surface area contributed by atoms with Gasteiger partial charge >= 0.3 is 5.97 Å². The Morgan fingerprint density at radius 1 is 1.03 bits per heavy atom. The highest BCUT2D eigenvalue weighted by Gasteiger charge is 2.28. The fraction of sp³-hybridized carbons (Fsp3) is 0.222. The van der Waals surface area contributed by atoms with Crippen molar-refractivity contribution in [3.05, 3.63) is 76.7 Å². The molecule has 0 bridgehead atoms. The van der Waals surface area contributed by atoms with Crippen LogP contribution in [-0.4, -0.2) is 47.1 Å². The standard InChI is InChI=1S/C27H26N6O3/c1-33(2)27-31-22(30-26(28)32-27)15-36-25(34)23-19-6-4-5-7-21(19)29-24-17(10-13-20(23)24)14-16-8-11-18(35-3)12-9-16/h4-9,11-12,14H,10,13,15H2,1-3H3,(H2,28,30,31,32)/b17-14+. The van der Waals surface area contributed by atoms with Crippen molar-refractivity contribution in [1.29, 1.82) is 0 Å². The van der Waals surface area contributed by atoms with Crippen molar-refractivity contribution in [2.75, 3.05) is 31.8 Å². The molecule has 0 spiro atoms. The average molecular weight is 483 g/mol. The van der Waals surface area contributed by atoms with Crippen LogP contribution in [0.15, 0.2) is 48.5 Å². The SMILES string of the molecule is COc1ccc(/C=C2\CCc3c2nc2ccccc2c3C(=O)OCc2nc(N)nc(N(C)C)n2)cc1. The summed E-state index contributed by atoms with van der Waals surface area (Å²) in [5, 5.41) is 0.760. The van der Waals surface area contributed by atoms with Gasteiger partial charge in [0.25, 0.3) is 0 Å². The van der Waals surface area contributed by atoms with E-state index in [0.717, 1.165) is 45.5 Å². The zero-order valence-electron chi connectivity index (χ0n) is 20.4. The number of fused-ring (bicyclic) bond motifs is 2. The van der Waals surface area contributed by atoms with Gasteiger partial charge in [0.1, 0.15) is 5.75 Å². The fourth-order valence-electron chi connectivity index (χ4n) is 4.31. The predicted octanol–water partition coefficient (Wildman–Crippen LogP) is 3.92. The highest BCUT2D eigenvalue weighted by Crippen LogP contribution is 2.38. The van der Waals surface area contributed by atoms with Gasteiger partial charge in [0.2, 0.25) is 11.9 Å². The third kappa shape index (κ3) is 4.55. The highest BCUT2D eigenvalue weighted by atomic mass is 16.5. The lowest BCUT2D eigenvalue weighted by molar-refractivity contribution is 0.0463. The van der Waals surface area contributed by atoms with Crippen LogP contribution in [0.1, 0.15) is 39.4 Å². The second-order valence-corrected chi connectivity index (χ2v) is 8.65. The third-order valence-corrected chi connectivity index (χ3v) is 6.02. The van der Waals surface area contributed by atoms with E-state index in [0.29, 0.717) is 17.9 Å². The minimum Gasteiger partial charge on any atom is -0.497 e. The zero-order chi connectivity index (χ0) is 25.2. The minimum absolute atomic E-state index is 0.0725. The molecule has 2 heterocycles. The fourth-order valence-corrected chi connectivity index (χ4v) is 4.31.